The van der Waals surface area contributed by atoms with Gasteiger partial charge in [-0.1, -0.05) is 13.0 Å². The van der Waals surface area contributed by atoms with Crippen molar-refractivity contribution in [1.82, 2.24) is 25.3 Å². The fourth-order valence-corrected chi connectivity index (χ4v) is 7.11. The Hall–Kier alpha value is -3.81. The molecule has 12 nitrogen and oxygen atoms in total. The van der Waals surface area contributed by atoms with Crippen LogP contribution in [0.2, 0.25) is 0 Å². The number of benzene rings is 1. The van der Waals surface area contributed by atoms with E-state index in [0.717, 1.165) is 25.7 Å². The monoisotopic (exact) mass is 686 g/mol. The minimum absolute atomic E-state index is 0.0996. The predicted octanol–water partition coefficient (Wildman–Crippen LogP) is 2.78. The molecule has 4 atom stereocenters. The number of rotatable bonds is 13. The SMILES string of the molecule is CCOC(=O)N1CC[C@H]1C(=O)N[C@@H](C(=O)N1CCN(C)CC1)[C@@H](C)c1ccc(NC(=O)[C@@H](NC(=O)C2(F)CC2)C(C2CC2)C2CC2)c(F)c1. The van der Waals surface area contributed by atoms with E-state index < -0.39 is 59.3 Å². The van der Waals surface area contributed by atoms with Crippen molar-refractivity contribution >= 4 is 35.4 Å². The molecule has 2 heterocycles. The maximum atomic E-state index is 15.8. The zero-order valence-corrected chi connectivity index (χ0v) is 28.5. The molecular weight excluding hydrogens is 638 g/mol. The fourth-order valence-electron chi connectivity index (χ4n) is 7.11. The maximum absolute atomic E-state index is 15.8. The zero-order chi connectivity index (χ0) is 35.0. The number of alkyl halides is 1. The second-order valence-electron chi connectivity index (χ2n) is 14.5. The highest BCUT2D eigenvalue weighted by Crippen LogP contribution is 2.51. The number of nitrogens with zero attached hydrogens (tertiary/aromatic N) is 3. The van der Waals surface area contributed by atoms with Crippen molar-refractivity contribution in [1.29, 1.82) is 0 Å². The second kappa shape index (κ2) is 14.2. The number of hydrogen-bond donors (Lipinski definition) is 3. The van der Waals surface area contributed by atoms with Gasteiger partial charge in [-0.25, -0.2) is 13.6 Å². The lowest BCUT2D eigenvalue weighted by Gasteiger charge is -2.40. The van der Waals surface area contributed by atoms with E-state index in [1.54, 1.807) is 24.8 Å². The molecule has 5 aliphatic rings. The smallest absolute Gasteiger partial charge is 0.410 e. The summed E-state index contributed by atoms with van der Waals surface area (Å²) < 4.78 is 35.5. The van der Waals surface area contributed by atoms with Gasteiger partial charge in [0.15, 0.2) is 5.67 Å². The summed E-state index contributed by atoms with van der Waals surface area (Å²) in [6.07, 6.45) is 3.84. The van der Waals surface area contributed by atoms with Gasteiger partial charge >= 0.3 is 6.09 Å². The maximum Gasteiger partial charge on any atom is 0.410 e. The average Bonchev–Trinajstić information content (AvgIpc) is 3.90. The van der Waals surface area contributed by atoms with Crippen LogP contribution in [0.5, 0.6) is 0 Å². The molecule has 3 saturated carbocycles. The van der Waals surface area contributed by atoms with Crippen molar-refractivity contribution in [2.24, 2.45) is 17.8 Å². The van der Waals surface area contributed by atoms with Gasteiger partial charge in [0.25, 0.3) is 5.91 Å². The topological polar surface area (TPSA) is 140 Å². The third-order valence-electron chi connectivity index (χ3n) is 10.9. The Labute approximate surface area is 285 Å². The molecule has 1 aromatic carbocycles. The molecular formula is C35H48F2N6O6. The Morgan fingerprint density at radius 1 is 0.939 bits per heavy atom. The first kappa shape index (κ1) is 35.0. The van der Waals surface area contributed by atoms with E-state index in [1.807, 2.05) is 7.05 Å². The molecule has 2 saturated heterocycles. The Balaban J connectivity index is 1.18. The van der Waals surface area contributed by atoms with Crippen molar-refractivity contribution < 1.29 is 37.5 Å². The quantitative estimate of drug-likeness (QED) is 0.290. The van der Waals surface area contributed by atoms with Crippen molar-refractivity contribution in [2.45, 2.75) is 88.5 Å². The van der Waals surface area contributed by atoms with E-state index in [-0.39, 0.29) is 48.8 Å². The van der Waals surface area contributed by atoms with E-state index >= 15 is 4.39 Å². The highest BCUT2D eigenvalue weighted by Gasteiger charge is 2.54. The molecule has 5 fully saturated rings. The van der Waals surface area contributed by atoms with Crippen LogP contribution in [0.4, 0.5) is 19.3 Å². The lowest BCUT2D eigenvalue weighted by molar-refractivity contribution is -0.140. The summed E-state index contributed by atoms with van der Waals surface area (Å²) in [5, 5.41) is 8.18. The van der Waals surface area contributed by atoms with Gasteiger partial charge < -0.3 is 30.5 Å². The molecule has 268 valence electrons. The first-order valence-electron chi connectivity index (χ1n) is 17.7. The number of piperazine rings is 1. The van der Waals surface area contributed by atoms with Gasteiger partial charge in [0, 0.05) is 38.6 Å². The lowest BCUT2D eigenvalue weighted by Crippen LogP contribution is -2.62. The van der Waals surface area contributed by atoms with E-state index in [1.165, 1.54) is 17.0 Å². The number of halogens is 2. The Bertz CT molecular complexity index is 1450. The summed E-state index contributed by atoms with van der Waals surface area (Å²) in [6, 6.07) is 1.44. The van der Waals surface area contributed by atoms with Crippen LogP contribution in [0.1, 0.15) is 70.3 Å². The number of likely N-dealkylation sites (N-methyl/N-ethyl adjacent to an activating group) is 1. The van der Waals surface area contributed by atoms with Crippen molar-refractivity contribution in [3.8, 4) is 0 Å². The van der Waals surface area contributed by atoms with Crippen molar-refractivity contribution in [3.63, 3.8) is 0 Å². The molecule has 6 rings (SSSR count). The van der Waals surface area contributed by atoms with Crippen LogP contribution in [-0.2, 0) is 23.9 Å². The van der Waals surface area contributed by atoms with Crippen LogP contribution < -0.4 is 16.0 Å². The third kappa shape index (κ3) is 7.84. The summed E-state index contributed by atoms with van der Waals surface area (Å²) >= 11 is 0. The standard InChI is InChI=1S/C35H48F2N6O6/c1-4-49-34(48)43-14-11-26(43)30(44)39-28(32(46)42-17-15-41(3)16-18-42)20(2)23-9-10-25(24(36)19-23)38-31(45)29(40-33(47)35(37)12-13-35)27(21-5-6-21)22-7-8-22/h9-10,19-22,26-29H,4-8,11-18H2,1-3H3,(H,38,45)(H,39,44)(H,40,47)/t20-,26-,28+,29-/m0/s1. The van der Waals surface area contributed by atoms with Crippen LogP contribution in [0.3, 0.4) is 0 Å². The Kier molecular flexibility index (Phi) is 10.2. The zero-order valence-electron chi connectivity index (χ0n) is 28.5. The predicted molar refractivity (Wildman–Crippen MR) is 176 cm³/mol. The van der Waals surface area contributed by atoms with Gasteiger partial charge in [0.2, 0.25) is 17.7 Å². The number of nitrogens with one attached hydrogen (secondary N) is 3. The van der Waals surface area contributed by atoms with Gasteiger partial charge in [0.05, 0.1) is 12.3 Å². The summed E-state index contributed by atoms with van der Waals surface area (Å²) in [4.78, 5) is 71.1. The summed E-state index contributed by atoms with van der Waals surface area (Å²) in [7, 11) is 1.96. The molecule has 0 aromatic heterocycles. The molecule has 5 amide bonds. The van der Waals surface area contributed by atoms with E-state index in [4.69, 9.17) is 4.74 Å². The molecule has 3 aliphatic carbocycles. The Morgan fingerprint density at radius 3 is 2.12 bits per heavy atom. The molecule has 49 heavy (non-hydrogen) atoms. The van der Waals surface area contributed by atoms with Gasteiger partial charge in [-0.2, -0.15) is 0 Å². The van der Waals surface area contributed by atoms with E-state index in [9.17, 15) is 28.4 Å². The molecule has 0 radical (unpaired) electrons. The molecule has 3 N–H and O–H groups in total. The molecule has 2 aliphatic heterocycles. The van der Waals surface area contributed by atoms with Gasteiger partial charge in [-0.3, -0.25) is 24.1 Å². The summed E-state index contributed by atoms with van der Waals surface area (Å²) in [5.74, 6) is -3.18. The molecule has 0 spiro atoms. The minimum Gasteiger partial charge on any atom is -0.450 e. The van der Waals surface area contributed by atoms with Gasteiger partial charge in [0.1, 0.15) is 23.9 Å². The average molecular weight is 687 g/mol. The molecule has 1 aromatic rings. The molecule has 0 bridgehead atoms. The van der Waals surface area contributed by atoms with Gasteiger partial charge in [-0.15, -0.1) is 0 Å². The van der Waals surface area contributed by atoms with Gasteiger partial charge in [-0.05, 0) is 94.4 Å². The van der Waals surface area contributed by atoms with Crippen molar-refractivity contribution in [3.05, 3.63) is 29.6 Å². The Morgan fingerprint density at radius 2 is 1.59 bits per heavy atom. The lowest BCUT2D eigenvalue weighted by atomic mass is 9.88. The summed E-state index contributed by atoms with van der Waals surface area (Å²) in [5.41, 5.74) is -1.62. The number of likely N-dealkylation sites (tertiary alicyclic amines) is 1. The minimum atomic E-state index is -1.94. The number of hydrogen-bond acceptors (Lipinski definition) is 7. The first-order valence-corrected chi connectivity index (χ1v) is 17.7. The second-order valence-corrected chi connectivity index (χ2v) is 14.5. The van der Waals surface area contributed by atoms with Crippen LogP contribution in [0, 0.1) is 23.6 Å². The normalized spacial score (nSPS) is 23.5. The first-order chi connectivity index (χ1) is 23.4. The third-order valence-corrected chi connectivity index (χ3v) is 10.9. The van der Waals surface area contributed by atoms with E-state index in [0.29, 0.717) is 44.7 Å². The number of ether oxygens (including phenoxy) is 1. The summed E-state index contributed by atoms with van der Waals surface area (Å²) in [6.45, 7) is 6.21. The highest BCUT2D eigenvalue weighted by molar-refractivity contribution is 5.99. The molecule has 14 heteroatoms. The van der Waals surface area contributed by atoms with Crippen molar-refractivity contribution in [2.75, 3.05) is 51.7 Å². The van der Waals surface area contributed by atoms with Crippen LogP contribution in [-0.4, -0.2) is 115 Å². The number of amides is 5. The molecule has 0 unspecified atom stereocenters. The number of carbonyl (C=O) groups is 5. The van der Waals surface area contributed by atoms with Crippen LogP contribution in [0.25, 0.3) is 0 Å². The number of anilines is 1. The highest BCUT2D eigenvalue weighted by atomic mass is 19.1. The van der Waals surface area contributed by atoms with Crippen LogP contribution >= 0.6 is 0 Å². The van der Waals surface area contributed by atoms with E-state index in [2.05, 4.69) is 20.9 Å². The largest absolute Gasteiger partial charge is 0.450 e. The fraction of sp³-hybridized carbons (Fsp3) is 0.686. The number of carbonyl (C=O) groups excluding carboxylic acids is 5. The van der Waals surface area contributed by atoms with Crippen LogP contribution in [0.15, 0.2) is 18.2 Å².